The third-order valence-corrected chi connectivity index (χ3v) is 5.12. The lowest BCUT2D eigenvalue weighted by molar-refractivity contribution is 0.0925. The van der Waals surface area contributed by atoms with Crippen LogP contribution in [-0.4, -0.2) is 38.0 Å². The molecule has 2 aromatic rings. The molecule has 1 heterocycles. The molecule has 3 N–H and O–H groups in total. The summed E-state index contributed by atoms with van der Waals surface area (Å²) in [5, 5.41) is 9.54. The molecule has 0 atom stereocenters. The van der Waals surface area contributed by atoms with Crippen molar-refractivity contribution in [3.63, 3.8) is 0 Å². The van der Waals surface area contributed by atoms with E-state index in [0.717, 1.165) is 37.6 Å². The summed E-state index contributed by atoms with van der Waals surface area (Å²) in [5.41, 5.74) is 2.44. The van der Waals surface area contributed by atoms with Crippen molar-refractivity contribution in [3.8, 4) is 0 Å². The first-order chi connectivity index (χ1) is 13.6. The molecule has 28 heavy (non-hydrogen) atoms. The SMILES string of the molecule is CCNC(=NCC1(c2ccccc2)CC1)NCCCNC(=O)c1occc1C. The van der Waals surface area contributed by atoms with Crippen LogP contribution in [0, 0.1) is 6.92 Å². The summed E-state index contributed by atoms with van der Waals surface area (Å²) >= 11 is 0. The smallest absolute Gasteiger partial charge is 0.287 e. The van der Waals surface area contributed by atoms with Gasteiger partial charge in [-0.15, -0.1) is 0 Å². The predicted molar refractivity (Wildman–Crippen MR) is 112 cm³/mol. The van der Waals surface area contributed by atoms with E-state index < -0.39 is 0 Å². The van der Waals surface area contributed by atoms with Gasteiger partial charge in [-0.3, -0.25) is 9.79 Å². The zero-order valence-electron chi connectivity index (χ0n) is 16.8. The number of aliphatic imine (C=N–C) groups is 1. The Morgan fingerprint density at radius 1 is 1.11 bits per heavy atom. The molecule has 1 aromatic carbocycles. The lowest BCUT2D eigenvalue weighted by atomic mass is 9.96. The first-order valence-electron chi connectivity index (χ1n) is 10.0. The molecule has 0 unspecified atom stereocenters. The summed E-state index contributed by atoms with van der Waals surface area (Å²) < 4.78 is 5.20. The number of amides is 1. The summed E-state index contributed by atoms with van der Waals surface area (Å²) in [5.74, 6) is 1.05. The van der Waals surface area contributed by atoms with Gasteiger partial charge >= 0.3 is 0 Å². The molecule has 0 spiro atoms. The maximum Gasteiger partial charge on any atom is 0.287 e. The van der Waals surface area contributed by atoms with Gasteiger partial charge in [0.25, 0.3) is 5.91 Å². The minimum Gasteiger partial charge on any atom is -0.459 e. The highest BCUT2D eigenvalue weighted by molar-refractivity contribution is 5.92. The summed E-state index contributed by atoms with van der Waals surface area (Å²) in [6.07, 6.45) is 4.73. The number of hydrogen-bond acceptors (Lipinski definition) is 3. The van der Waals surface area contributed by atoms with E-state index in [1.54, 1.807) is 6.07 Å². The number of nitrogens with zero attached hydrogens (tertiary/aromatic N) is 1. The van der Waals surface area contributed by atoms with Gasteiger partial charge in [-0.05, 0) is 44.7 Å². The summed E-state index contributed by atoms with van der Waals surface area (Å²) in [7, 11) is 0. The highest BCUT2D eigenvalue weighted by atomic mass is 16.3. The second-order valence-electron chi connectivity index (χ2n) is 7.31. The van der Waals surface area contributed by atoms with Crippen LogP contribution >= 0.6 is 0 Å². The van der Waals surface area contributed by atoms with Crippen LogP contribution in [0.25, 0.3) is 0 Å². The fourth-order valence-electron chi connectivity index (χ4n) is 3.24. The van der Waals surface area contributed by atoms with Crippen molar-refractivity contribution in [2.45, 2.75) is 38.5 Å². The second kappa shape index (κ2) is 9.44. The van der Waals surface area contributed by atoms with Crippen molar-refractivity contribution in [1.29, 1.82) is 0 Å². The van der Waals surface area contributed by atoms with E-state index >= 15 is 0 Å². The third kappa shape index (κ3) is 5.15. The van der Waals surface area contributed by atoms with Crippen LogP contribution in [0.5, 0.6) is 0 Å². The summed E-state index contributed by atoms with van der Waals surface area (Å²) in [6.45, 7) is 6.86. The van der Waals surface area contributed by atoms with E-state index in [1.165, 1.54) is 24.7 Å². The van der Waals surface area contributed by atoms with Gasteiger partial charge in [0.1, 0.15) is 0 Å². The molecule has 0 aliphatic heterocycles. The van der Waals surface area contributed by atoms with Crippen LogP contribution in [0.2, 0.25) is 0 Å². The van der Waals surface area contributed by atoms with E-state index in [0.29, 0.717) is 12.3 Å². The summed E-state index contributed by atoms with van der Waals surface area (Å²) in [6, 6.07) is 12.4. The number of guanidine groups is 1. The van der Waals surface area contributed by atoms with Crippen LogP contribution in [0.1, 0.15) is 47.9 Å². The molecule has 1 aromatic heterocycles. The van der Waals surface area contributed by atoms with Gasteiger partial charge in [0.2, 0.25) is 0 Å². The van der Waals surface area contributed by atoms with Crippen LogP contribution in [0.4, 0.5) is 0 Å². The van der Waals surface area contributed by atoms with E-state index in [-0.39, 0.29) is 11.3 Å². The zero-order chi connectivity index (χ0) is 19.8. The van der Waals surface area contributed by atoms with E-state index in [9.17, 15) is 4.79 Å². The monoisotopic (exact) mass is 382 g/mol. The number of rotatable bonds is 9. The Kier molecular flexibility index (Phi) is 6.74. The minimum absolute atomic E-state index is 0.165. The quantitative estimate of drug-likeness (QED) is 0.354. The molecule has 3 rings (SSSR count). The molecule has 6 nitrogen and oxygen atoms in total. The number of furan rings is 1. The lowest BCUT2D eigenvalue weighted by Gasteiger charge is -2.16. The Balaban J connectivity index is 1.43. The van der Waals surface area contributed by atoms with Crippen molar-refractivity contribution >= 4 is 11.9 Å². The number of hydrogen-bond donors (Lipinski definition) is 3. The molecule has 1 amide bonds. The van der Waals surface area contributed by atoms with Gasteiger partial charge in [-0.1, -0.05) is 30.3 Å². The maximum absolute atomic E-state index is 12.0. The second-order valence-corrected chi connectivity index (χ2v) is 7.31. The highest BCUT2D eigenvalue weighted by Crippen LogP contribution is 2.48. The number of nitrogens with one attached hydrogen (secondary N) is 3. The van der Waals surface area contributed by atoms with Crippen molar-refractivity contribution in [2.75, 3.05) is 26.2 Å². The maximum atomic E-state index is 12.0. The number of carbonyl (C=O) groups excluding carboxylic acids is 1. The standard InChI is InChI=1S/C22H30N4O2/c1-3-23-21(26-16-22(11-12-22)18-8-5-4-6-9-18)25-14-7-13-24-20(27)19-17(2)10-15-28-19/h4-6,8-10,15H,3,7,11-14,16H2,1-2H3,(H,24,27)(H2,23,25,26). The van der Waals surface area contributed by atoms with Crippen molar-refractivity contribution in [1.82, 2.24) is 16.0 Å². The first-order valence-corrected chi connectivity index (χ1v) is 10.0. The Hall–Kier alpha value is -2.76. The zero-order valence-corrected chi connectivity index (χ0v) is 16.8. The fourth-order valence-corrected chi connectivity index (χ4v) is 3.24. The number of benzene rings is 1. The predicted octanol–water partition coefficient (Wildman–Crippen LogP) is 2.99. The normalized spacial score (nSPS) is 15.1. The van der Waals surface area contributed by atoms with Crippen molar-refractivity contribution in [3.05, 3.63) is 59.5 Å². The van der Waals surface area contributed by atoms with Gasteiger partial charge in [-0.25, -0.2) is 0 Å². The average molecular weight is 383 g/mol. The van der Waals surface area contributed by atoms with E-state index in [2.05, 4.69) is 53.2 Å². The Morgan fingerprint density at radius 2 is 1.86 bits per heavy atom. The fraction of sp³-hybridized carbons (Fsp3) is 0.455. The molecule has 0 radical (unpaired) electrons. The molecule has 150 valence electrons. The topological polar surface area (TPSA) is 78.7 Å². The minimum atomic E-state index is -0.165. The molecular formula is C22H30N4O2. The Morgan fingerprint density at radius 3 is 2.50 bits per heavy atom. The van der Waals surface area contributed by atoms with Gasteiger partial charge in [0, 0.05) is 30.6 Å². The number of aryl methyl sites for hydroxylation is 1. The molecule has 1 saturated carbocycles. The number of carbonyl (C=O) groups is 1. The van der Waals surface area contributed by atoms with Crippen LogP contribution < -0.4 is 16.0 Å². The summed E-state index contributed by atoms with van der Waals surface area (Å²) in [4.78, 5) is 16.8. The molecule has 1 fully saturated rings. The van der Waals surface area contributed by atoms with E-state index in [4.69, 9.17) is 9.41 Å². The largest absolute Gasteiger partial charge is 0.459 e. The third-order valence-electron chi connectivity index (χ3n) is 5.12. The van der Waals surface area contributed by atoms with Crippen LogP contribution in [0.15, 0.2) is 52.1 Å². The van der Waals surface area contributed by atoms with Gasteiger partial charge in [-0.2, -0.15) is 0 Å². The average Bonchev–Trinajstić information content (AvgIpc) is 3.39. The Labute approximate surface area is 166 Å². The lowest BCUT2D eigenvalue weighted by Crippen LogP contribution is -2.39. The molecule has 1 aliphatic carbocycles. The molecular weight excluding hydrogens is 352 g/mol. The molecule has 1 aliphatic rings. The van der Waals surface area contributed by atoms with Crippen molar-refractivity contribution in [2.24, 2.45) is 4.99 Å². The van der Waals surface area contributed by atoms with Gasteiger partial charge in [0.05, 0.1) is 12.8 Å². The first kappa shape index (κ1) is 20.0. The molecule has 0 saturated heterocycles. The van der Waals surface area contributed by atoms with Crippen molar-refractivity contribution < 1.29 is 9.21 Å². The van der Waals surface area contributed by atoms with Gasteiger partial charge in [0.15, 0.2) is 11.7 Å². The highest BCUT2D eigenvalue weighted by Gasteiger charge is 2.43. The van der Waals surface area contributed by atoms with Crippen LogP contribution in [0.3, 0.4) is 0 Å². The van der Waals surface area contributed by atoms with E-state index in [1.807, 2.05) is 6.92 Å². The molecule has 6 heteroatoms. The van der Waals surface area contributed by atoms with Crippen LogP contribution in [-0.2, 0) is 5.41 Å². The van der Waals surface area contributed by atoms with Gasteiger partial charge < -0.3 is 20.4 Å². The molecule has 0 bridgehead atoms. The Bertz CT molecular complexity index is 794.